The Morgan fingerprint density at radius 1 is 1.03 bits per heavy atom. The van der Waals surface area contributed by atoms with E-state index in [0.29, 0.717) is 40.9 Å². The van der Waals surface area contributed by atoms with Crippen LogP contribution >= 0.6 is 11.6 Å². The van der Waals surface area contributed by atoms with Gasteiger partial charge in [-0.25, -0.2) is 14.8 Å². The fourth-order valence-electron chi connectivity index (χ4n) is 4.01. The number of carbonyl (C=O) groups is 2. The van der Waals surface area contributed by atoms with Crippen molar-refractivity contribution in [1.82, 2.24) is 14.9 Å². The highest BCUT2D eigenvalue weighted by atomic mass is 35.5. The first-order valence-electron chi connectivity index (χ1n) is 12.2. The summed E-state index contributed by atoms with van der Waals surface area (Å²) in [6.45, 7) is 6.27. The monoisotopic (exact) mass is 530 g/mol. The summed E-state index contributed by atoms with van der Waals surface area (Å²) in [5.41, 5.74) is 2.09. The van der Waals surface area contributed by atoms with Gasteiger partial charge in [0.05, 0.1) is 13.1 Å². The summed E-state index contributed by atoms with van der Waals surface area (Å²) in [4.78, 5) is 35.7. The van der Waals surface area contributed by atoms with Gasteiger partial charge in [-0.05, 0) is 80.9 Å². The molecule has 0 aliphatic carbocycles. The molecule has 3 heterocycles. The van der Waals surface area contributed by atoms with Crippen molar-refractivity contribution < 1.29 is 19.1 Å². The van der Waals surface area contributed by atoms with Gasteiger partial charge in [0.1, 0.15) is 23.3 Å². The van der Waals surface area contributed by atoms with Gasteiger partial charge >= 0.3 is 6.09 Å². The number of carbonyl (C=O) groups excluding carboxylic acids is 2. The number of amides is 2. The van der Waals surface area contributed by atoms with Gasteiger partial charge in [-0.2, -0.15) is 0 Å². The van der Waals surface area contributed by atoms with Gasteiger partial charge in [-0.3, -0.25) is 4.79 Å². The largest absolute Gasteiger partial charge is 0.486 e. The van der Waals surface area contributed by atoms with Crippen molar-refractivity contribution in [2.24, 2.45) is 0 Å². The first-order chi connectivity index (χ1) is 18.1. The summed E-state index contributed by atoms with van der Waals surface area (Å²) in [5.74, 6) is 0.601. The minimum absolute atomic E-state index is 0.236. The minimum Gasteiger partial charge on any atom is -0.486 e. The molecule has 8 nitrogen and oxygen atoms in total. The third-order valence-electron chi connectivity index (χ3n) is 5.90. The van der Waals surface area contributed by atoms with Gasteiger partial charge in [-0.1, -0.05) is 23.7 Å². The van der Waals surface area contributed by atoms with Gasteiger partial charge in [0, 0.05) is 27.7 Å². The molecule has 194 valence electrons. The van der Waals surface area contributed by atoms with E-state index in [2.05, 4.69) is 15.3 Å². The molecular weight excluding hydrogens is 504 g/mol. The van der Waals surface area contributed by atoms with Crippen LogP contribution in [0.15, 0.2) is 72.9 Å². The van der Waals surface area contributed by atoms with E-state index in [1.165, 1.54) is 0 Å². The van der Waals surface area contributed by atoms with Gasteiger partial charge < -0.3 is 19.7 Å². The summed E-state index contributed by atoms with van der Waals surface area (Å²) >= 11 is 6.08. The van der Waals surface area contributed by atoms with Crippen LogP contribution in [-0.4, -0.2) is 51.7 Å². The molecule has 1 aliphatic rings. The van der Waals surface area contributed by atoms with Gasteiger partial charge in [0.15, 0.2) is 5.65 Å². The second-order valence-electron chi connectivity index (χ2n) is 10.0. The molecule has 0 bridgehead atoms. The van der Waals surface area contributed by atoms with E-state index in [1.807, 2.05) is 57.2 Å². The second-order valence-corrected chi connectivity index (χ2v) is 10.5. The summed E-state index contributed by atoms with van der Waals surface area (Å²) < 4.78 is 11.7. The van der Waals surface area contributed by atoms with Crippen molar-refractivity contribution in [3.63, 3.8) is 0 Å². The number of fused-ring (bicyclic) bond motifs is 1. The molecule has 0 unspecified atom stereocenters. The number of hydrogen-bond acceptors (Lipinski definition) is 6. The number of hydrogen-bond donors (Lipinski definition) is 1. The highest BCUT2D eigenvalue weighted by molar-refractivity contribution is 6.30. The first-order valence-corrected chi connectivity index (χ1v) is 12.6. The van der Waals surface area contributed by atoms with E-state index in [9.17, 15) is 9.59 Å². The highest BCUT2D eigenvalue weighted by Crippen LogP contribution is 2.34. The van der Waals surface area contributed by atoms with E-state index < -0.39 is 5.60 Å². The molecule has 5 rings (SSSR count). The average Bonchev–Trinajstić information content (AvgIpc) is 2.85. The molecule has 9 heteroatoms. The van der Waals surface area contributed by atoms with Crippen LogP contribution in [0.1, 0.15) is 31.1 Å². The van der Waals surface area contributed by atoms with Crippen molar-refractivity contribution in [2.75, 3.05) is 18.4 Å². The molecule has 1 saturated heterocycles. The lowest BCUT2D eigenvalue weighted by Crippen LogP contribution is -2.57. The van der Waals surface area contributed by atoms with E-state index in [-0.39, 0.29) is 18.1 Å². The molecule has 0 radical (unpaired) electrons. The summed E-state index contributed by atoms with van der Waals surface area (Å²) in [7, 11) is 0. The molecule has 1 N–H and O–H groups in total. The molecule has 0 spiro atoms. The number of halogens is 1. The zero-order valence-electron chi connectivity index (χ0n) is 21.3. The van der Waals surface area contributed by atoms with Crippen LogP contribution in [-0.2, 0) is 4.74 Å². The summed E-state index contributed by atoms with van der Waals surface area (Å²) in [6, 6.07) is 20.0. The fraction of sp³-hybridized carbons (Fsp3) is 0.241. The quantitative estimate of drug-likeness (QED) is 0.330. The standard InChI is InChI=1S/C29H27ClN4O4/c1-29(2,3)38-28(36)34-16-22(17-34)37-24-15-20(8-12-23(24)18-6-10-21(30)11-7-18)27(35)33-25-13-9-19-5-4-14-31-26(19)32-25/h4-15,22H,16-17H2,1-3H3,(H,31,32,33,35). The second kappa shape index (κ2) is 10.3. The average molecular weight is 531 g/mol. The van der Waals surface area contributed by atoms with Crippen LogP contribution in [0.4, 0.5) is 10.6 Å². The maximum atomic E-state index is 13.1. The van der Waals surface area contributed by atoms with Crippen molar-refractivity contribution in [3.05, 3.63) is 83.5 Å². The maximum absolute atomic E-state index is 13.1. The summed E-state index contributed by atoms with van der Waals surface area (Å²) in [6.07, 6.45) is 1.05. The smallest absolute Gasteiger partial charge is 0.410 e. The number of pyridine rings is 2. The van der Waals surface area contributed by atoms with E-state index in [0.717, 1.165) is 16.5 Å². The molecule has 38 heavy (non-hydrogen) atoms. The molecule has 0 atom stereocenters. The van der Waals surface area contributed by atoms with Crippen LogP contribution in [0, 0.1) is 0 Å². The van der Waals surface area contributed by atoms with E-state index in [1.54, 1.807) is 41.4 Å². The summed E-state index contributed by atoms with van der Waals surface area (Å²) in [5, 5.41) is 4.34. The molecule has 2 amide bonds. The highest BCUT2D eigenvalue weighted by Gasteiger charge is 2.35. The number of anilines is 1. The Balaban J connectivity index is 1.36. The Morgan fingerprint density at radius 2 is 1.79 bits per heavy atom. The third kappa shape index (κ3) is 5.86. The minimum atomic E-state index is -0.567. The maximum Gasteiger partial charge on any atom is 0.410 e. The number of benzene rings is 2. The number of nitrogens with zero attached hydrogens (tertiary/aromatic N) is 3. The van der Waals surface area contributed by atoms with Gasteiger partial charge in [0.25, 0.3) is 5.91 Å². The number of nitrogens with one attached hydrogen (secondary N) is 1. The number of aromatic nitrogens is 2. The zero-order chi connectivity index (χ0) is 26.9. The first kappa shape index (κ1) is 25.5. The van der Waals surface area contributed by atoms with Crippen LogP contribution in [0.3, 0.4) is 0 Å². The van der Waals surface area contributed by atoms with E-state index in [4.69, 9.17) is 21.1 Å². The Kier molecular flexibility index (Phi) is 6.91. The Morgan fingerprint density at radius 3 is 2.53 bits per heavy atom. The molecule has 2 aromatic carbocycles. The number of likely N-dealkylation sites (tertiary alicyclic amines) is 1. The lowest BCUT2D eigenvalue weighted by molar-refractivity contribution is -0.0220. The van der Waals surface area contributed by atoms with E-state index >= 15 is 0 Å². The third-order valence-corrected chi connectivity index (χ3v) is 6.15. The van der Waals surface area contributed by atoms with Crippen LogP contribution in [0.25, 0.3) is 22.2 Å². The SMILES string of the molecule is CC(C)(C)OC(=O)N1CC(Oc2cc(C(=O)Nc3ccc4cccnc4n3)ccc2-c2ccc(Cl)cc2)C1. The molecular formula is C29H27ClN4O4. The molecule has 1 fully saturated rings. The molecule has 2 aromatic heterocycles. The number of ether oxygens (including phenoxy) is 2. The van der Waals surface area contributed by atoms with Crippen molar-refractivity contribution in [2.45, 2.75) is 32.5 Å². The zero-order valence-corrected chi connectivity index (χ0v) is 22.0. The molecule has 1 aliphatic heterocycles. The Labute approximate surface area is 225 Å². The Hall–Kier alpha value is -4.17. The lowest BCUT2D eigenvalue weighted by Gasteiger charge is -2.39. The van der Waals surface area contributed by atoms with Crippen LogP contribution in [0.2, 0.25) is 5.02 Å². The molecule has 4 aromatic rings. The predicted octanol–water partition coefficient (Wildman–Crippen LogP) is 6.20. The van der Waals surface area contributed by atoms with Crippen LogP contribution in [0.5, 0.6) is 5.75 Å². The van der Waals surface area contributed by atoms with Crippen molar-refractivity contribution >= 4 is 40.5 Å². The van der Waals surface area contributed by atoms with Crippen LogP contribution < -0.4 is 10.1 Å². The van der Waals surface area contributed by atoms with Gasteiger partial charge in [0.2, 0.25) is 0 Å². The lowest BCUT2D eigenvalue weighted by atomic mass is 10.0. The number of rotatable bonds is 5. The fourth-order valence-corrected chi connectivity index (χ4v) is 4.13. The van der Waals surface area contributed by atoms with Crippen molar-refractivity contribution in [3.8, 4) is 16.9 Å². The topological polar surface area (TPSA) is 93.6 Å². The van der Waals surface area contributed by atoms with Gasteiger partial charge in [-0.15, -0.1) is 0 Å². The Bertz CT molecular complexity index is 1490. The van der Waals surface area contributed by atoms with Crippen molar-refractivity contribution in [1.29, 1.82) is 0 Å². The molecule has 0 saturated carbocycles. The normalized spacial score (nSPS) is 13.6. The predicted molar refractivity (Wildman–Crippen MR) is 147 cm³/mol.